The van der Waals surface area contributed by atoms with Crippen LogP contribution in [0.4, 0.5) is 0 Å². The predicted molar refractivity (Wildman–Crippen MR) is 546 cm³/mol. The number of allylic oxidation sites excluding steroid dienone is 16. The molecule has 149 heavy (non-hydrogen) atoms. The quantitative estimate of drug-likeness (QED) is 0.0323. The second-order valence-corrected chi connectivity index (χ2v) is 57.4. The van der Waals surface area contributed by atoms with Crippen molar-refractivity contribution in [3.63, 3.8) is 0 Å². The Kier molecular flexibility index (Phi) is 32.6. The second-order valence-electron chi connectivity index (χ2n) is 49.4. The van der Waals surface area contributed by atoms with Gasteiger partial charge in [-0.3, -0.25) is 61.8 Å². The number of carbonyl (C=O) groups excluding carboxylic acids is 11. The molecule has 16 aliphatic carbocycles. The van der Waals surface area contributed by atoms with Gasteiger partial charge in [0.1, 0.15) is 12.9 Å². The lowest BCUT2D eigenvalue weighted by Gasteiger charge is -2.60. The lowest BCUT2D eigenvalue weighted by molar-refractivity contribution is -0.201. The van der Waals surface area contributed by atoms with Crippen LogP contribution in [0.2, 0.25) is 26.2 Å². The van der Waals surface area contributed by atoms with Crippen LogP contribution in [-0.2, 0) is 123 Å². The molecule has 1 aromatic rings. The molecule has 820 valence electrons. The number of nitrogens with zero attached hydrogens (tertiary/aromatic N) is 2. The van der Waals surface area contributed by atoms with Crippen LogP contribution in [0, 0.1) is 114 Å². The summed E-state index contributed by atoms with van der Waals surface area (Å²) in [6.07, 6.45) is 35.4. The highest BCUT2D eigenvalue weighted by Gasteiger charge is 2.82. The average Bonchev–Trinajstić information content (AvgIpc) is 1.54. The molecule has 0 amide bonds. The predicted octanol–water partition coefficient (Wildman–Crippen LogP) is 15.8. The van der Waals surface area contributed by atoms with Crippen LogP contribution >= 0.6 is 16.4 Å². The summed E-state index contributed by atoms with van der Waals surface area (Å²) in [5, 5.41) is 33.1. The molecule has 0 bridgehead atoms. The van der Waals surface area contributed by atoms with E-state index in [0.717, 1.165) is 90.8 Å². The first-order valence-electron chi connectivity index (χ1n) is 54.3. The minimum Gasteiger partial charge on any atom is -0.458 e. The van der Waals surface area contributed by atoms with Crippen molar-refractivity contribution in [3.8, 4) is 0 Å². The third-order valence-electron chi connectivity index (χ3n) is 39.5. The summed E-state index contributed by atoms with van der Waals surface area (Å²) in [6.45, 7) is 36.2. The fourth-order valence-corrected chi connectivity index (χ4v) is 35.2. The van der Waals surface area contributed by atoms with Gasteiger partial charge in [-0.25, -0.2) is 18.5 Å². The average molecular weight is 2130 g/mol. The normalized spacial score (nSPS) is 44.1. The van der Waals surface area contributed by atoms with Crippen LogP contribution in [-0.4, -0.2) is 230 Å². The first-order valence-corrected chi connectivity index (χ1v) is 60.6. The summed E-state index contributed by atoms with van der Waals surface area (Å²) in [7, 11) is -5.42. The molecular formula is C113H158N2O31P2Si. The van der Waals surface area contributed by atoms with E-state index in [1.807, 2.05) is 52.0 Å². The van der Waals surface area contributed by atoms with Crippen molar-refractivity contribution >= 4 is 88.7 Å². The van der Waals surface area contributed by atoms with Gasteiger partial charge < -0.3 is 77.8 Å². The zero-order valence-corrected chi connectivity index (χ0v) is 92.8. The Labute approximate surface area is 877 Å². The number of Topliss-reactive ketones (excluding diaryl/α,β-unsaturated/α-hetero) is 4. The van der Waals surface area contributed by atoms with Crippen molar-refractivity contribution in [2.24, 2.45) is 114 Å². The highest BCUT2D eigenvalue weighted by molar-refractivity contribution is 7.51. The number of carbonyl (C=O) groups is 11. The third-order valence-corrected chi connectivity index (χ3v) is 41.2. The number of hydrogen-bond acceptors (Lipinski definition) is 30. The minimum absolute atomic E-state index is 0. The Morgan fingerprint density at radius 2 is 0.725 bits per heavy atom. The molecule has 4 aliphatic heterocycles. The Morgan fingerprint density at radius 3 is 1.00 bits per heavy atom. The SMILES string of the molecule is CCCC1O[C@@H]2C[C@H]3[C@@H]4CCC5=CC(=O)C=C[C@]5(C)[C@H]4[C@@H](O)C[C@]3(C)[C@]2(C(=O)CO)O1.CCCC1O[C@@H]2C[C@H]3[C@@H]4CCC5=CC(=O)C=C[C@]5(C)[C@H]4[C@@H](O)C[C@]3(C)[C@]2(C(=O)COC(C)=O)O1.CCCC1O[C@@H]2C[C@H]3[C@@H]4CCC5=CC(=O)C=C[C@]5(C)[C@H]4[C@@H](OP(=O)(O)n4ccnc4)C[C@]3(C)[C@]2(C(=O)COC(C)=O)O1.CCCC1O[C@@H]2C[C@H]3[C@@H]4CCC5=CC(=O)C=C[C@]5(C)[C@H]4[C@@H](OP=O)C[C@]3(C)[C@]2(C(=O)COC(C)=O)O1.C[Si](C)(C)C.O. The monoisotopic (exact) mass is 2130 g/mol. The van der Waals surface area contributed by atoms with E-state index in [4.69, 9.17) is 61.2 Å². The molecule has 0 aromatic carbocycles. The minimum atomic E-state index is -4.39. The highest BCUT2D eigenvalue weighted by atomic mass is 31.2. The van der Waals surface area contributed by atoms with Gasteiger partial charge in [0.05, 0.1) is 48.8 Å². The number of ketones is 8. The van der Waals surface area contributed by atoms with Crippen molar-refractivity contribution in [1.29, 1.82) is 0 Å². The number of hydrogen-bond donors (Lipinski definition) is 4. The van der Waals surface area contributed by atoms with Crippen LogP contribution in [0.25, 0.3) is 0 Å². The highest BCUT2D eigenvalue weighted by Crippen LogP contribution is 2.77. The number of imidazole rings is 1. The Morgan fingerprint density at radius 1 is 0.450 bits per heavy atom. The maximum atomic E-state index is 14.1. The molecule has 16 fully saturated rings. The van der Waals surface area contributed by atoms with Crippen molar-refractivity contribution in [1.82, 2.24) is 9.32 Å². The van der Waals surface area contributed by atoms with Gasteiger partial charge in [0.2, 0.25) is 17.3 Å². The van der Waals surface area contributed by atoms with Gasteiger partial charge >= 0.3 is 34.3 Å². The van der Waals surface area contributed by atoms with E-state index in [0.29, 0.717) is 83.5 Å². The maximum absolute atomic E-state index is 14.1. The van der Waals surface area contributed by atoms with Gasteiger partial charge in [-0.05, 0) is 224 Å². The first-order chi connectivity index (χ1) is 69.7. The van der Waals surface area contributed by atoms with Gasteiger partial charge in [0, 0.05) is 108 Å². The van der Waals surface area contributed by atoms with Gasteiger partial charge in [-0.2, -0.15) is 0 Å². The third kappa shape index (κ3) is 18.9. The van der Waals surface area contributed by atoms with Gasteiger partial charge in [0.15, 0.2) is 96.3 Å². The molecule has 1 aromatic heterocycles. The Hall–Kier alpha value is -7.15. The number of aliphatic hydroxyl groups is 3. The van der Waals surface area contributed by atoms with E-state index in [1.165, 1.54) is 39.5 Å². The van der Waals surface area contributed by atoms with E-state index >= 15 is 0 Å². The van der Waals surface area contributed by atoms with E-state index in [1.54, 1.807) is 48.6 Å². The van der Waals surface area contributed by atoms with E-state index < -0.39 is 185 Å². The standard InChI is InChI=1S/C30H39N2O9P.C27H35O8P.C27H36O7.C25H34O6.C4H12Si.H2O/c1-5-6-26-39-25-14-22-21-8-7-19-13-20(34)9-10-28(19,3)27(21)23(41-42(36,37)32-12-11-31-17-32)15-29(22,4)30(25,40-26)24(35)16-38-18(2)33;1-5-6-23-33-22-12-19-18-8-7-16-11-17(29)9-10-25(16,3)24(18)20(35-36-31)13-26(19,4)27(22,34-23)21(30)14-32-15(2)28;1-5-6-23-33-22-12-19-18-8-7-16-11-17(29)9-10-25(16,3)24(18)20(30)13-26(19,4)27(22,34-23)21(31)14-32-15(2)28;1-4-5-21-30-20-11-17-16-7-6-14-10-15(27)8-9-23(14,2)22(16)18(28)12-24(17,3)25(20,31-21)19(29)13-26;1-5(2,3)4;/h9-13,17,21-23,25-27H,5-8,14-16H2,1-4H3,(H,36,37);9-11,18-20,22-24H,5-8,12-14H2,1-4H3;9-11,18-20,22-24,30H,5-8,12-14H2,1-4H3;8-10,16-18,20-22,26,28H,4-7,11-13H2,1-3H3;1-4H3;1H2/t21-,22-,23-,25+,26?,27+,28-,29-,30+;2*18-,19-,20-,22+,23?,24+,25-,26-,27+;16-,17-,18-,20+,21?,22+,23-,24-,25+;;/m0000../s1. The molecule has 33 nitrogen and oxygen atoms in total. The van der Waals surface area contributed by atoms with Crippen molar-refractivity contribution in [3.05, 3.63) is 114 Å². The molecule has 6 N–H and O–H groups in total. The molecule has 20 aliphatic rings. The Bertz CT molecular complexity index is 5700. The summed E-state index contributed by atoms with van der Waals surface area (Å²) in [4.78, 5) is 153. The van der Waals surface area contributed by atoms with Crippen molar-refractivity contribution in [2.75, 3.05) is 26.4 Å². The number of rotatable bonds is 24. The molecule has 37 atom stereocenters. The molecule has 0 radical (unpaired) electrons. The maximum Gasteiger partial charge on any atom is 0.437 e. The first kappa shape index (κ1) is 114. The van der Waals surface area contributed by atoms with Crippen molar-refractivity contribution in [2.45, 2.75) is 381 Å². The second kappa shape index (κ2) is 42.4. The fourth-order valence-electron chi connectivity index (χ4n) is 33.8. The molecule has 12 saturated carbocycles. The summed E-state index contributed by atoms with van der Waals surface area (Å²) in [6, 6.07) is 0. The fraction of sp³-hybridized carbons (Fsp3) is 0.735. The largest absolute Gasteiger partial charge is 0.458 e. The molecular weight excluding hydrogens is 1970 g/mol. The summed E-state index contributed by atoms with van der Waals surface area (Å²) >= 11 is 0. The Balaban J connectivity index is 0.000000140. The van der Waals surface area contributed by atoms with Crippen LogP contribution in [0.1, 0.15) is 258 Å². The molecule has 5 heterocycles. The lowest BCUT2D eigenvalue weighted by Crippen LogP contribution is -2.64. The number of ether oxygens (including phenoxy) is 11. The number of aliphatic hydroxyl groups excluding tert-OH is 3. The van der Waals surface area contributed by atoms with Gasteiger partial charge in [-0.15, -0.1) is 0 Å². The molecule has 4 saturated heterocycles. The molecule has 21 rings (SSSR count). The topological polar surface area (TPSA) is 472 Å². The van der Waals surface area contributed by atoms with Crippen LogP contribution < -0.4 is 0 Å². The van der Waals surface area contributed by atoms with Crippen molar-refractivity contribution < 1.29 is 149 Å². The number of fused-ring (bicyclic) bond motifs is 28. The van der Waals surface area contributed by atoms with E-state index in [2.05, 4.69) is 86.6 Å². The number of esters is 3. The smallest absolute Gasteiger partial charge is 0.437 e. The van der Waals surface area contributed by atoms with E-state index in [-0.39, 0.29) is 153 Å². The van der Waals surface area contributed by atoms with Crippen LogP contribution in [0.5, 0.6) is 0 Å². The zero-order valence-electron chi connectivity index (χ0n) is 90.0. The zero-order chi connectivity index (χ0) is 107. The van der Waals surface area contributed by atoms with Crippen LogP contribution in [0.15, 0.2) is 114 Å². The molecule has 5 unspecified atom stereocenters. The van der Waals surface area contributed by atoms with E-state index in [9.17, 15) is 82.1 Å². The van der Waals surface area contributed by atoms with Gasteiger partial charge in [-0.1, -0.05) is 182 Å². The summed E-state index contributed by atoms with van der Waals surface area (Å²) in [5.74, 6) is -2.42. The summed E-state index contributed by atoms with van der Waals surface area (Å²) in [5.41, 5.74) is -5.34. The molecule has 36 heteroatoms. The van der Waals surface area contributed by atoms with Crippen LogP contribution in [0.3, 0.4) is 0 Å². The lowest BCUT2D eigenvalue weighted by atomic mass is 9.46. The molecule has 0 spiro atoms. The van der Waals surface area contributed by atoms with Gasteiger partial charge in [0.25, 0.3) is 0 Å². The number of aromatic nitrogens is 2. The summed E-state index contributed by atoms with van der Waals surface area (Å²) < 4.78 is 106.